The molecule has 1 aliphatic heterocycles. The van der Waals surface area contributed by atoms with E-state index in [1.807, 2.05) is 34.9 Å². The maximum atomic E-state index is 13.1. The molecule has 1 aromatic heterocycles. The zero-order valence-corrected chi connectivity index (χ0v) is 15.9. The number of hydrogen-bond acceptors (Lipinski definition) is 3. The van der Waals surface area contributed by atoms with Crippen molar-refractivity contribution in [3.63, 3.8) is 0 Å². The Balaban J connectivity index is 1.61. The van der Waals surface area contributed by atoms with E-state index >= 15 is 0 Å². The van der Waals surface area contributed by atoms with E-state index in [9.17, 15) is 9.59 Å². The van der Waals surface area contributed by atoms with Crippen LogP contribution in [0.5, 0.6) is 0 Å². The minimum absolute atomic E-state index is 0.116. The molecule has 0 radical (unpaired) electrons. The number of nitrogens with zero attached hydrogens (tertiary/aromatic N) is 3. The molecular weight excluding hydrogens is 326 g/mol. The Morgan fingerprint density at radius 1 is 1.15 bits per heavy atom. The third-order valence-corrected chi connectivity index (χ3v) is 5.83. The number of carbonyl (C=O) groups is 2. The zero-order valence-electron chi connectivity index (χ0n) is 15.9. The van der Waals surface area contributed by atoms with Crippen LogP contribution in [0.3, 0.4) is 0 Å². The minimum atomic E-state index is -0.256. The summed E-state index contributed by atoms with van der Waals surface area (Å²) in [4.78, 5) is 34.2. The molecule has 1 atom stereocenters. The fourth-order valence-corrected chi connectivity index (χ4v) is 4.30. The molecule has 2 amide bonds. The lowest BCUT2D eigenvalue weighted by Crippen LogP contribution is -2.50. The normalized spacial score (nSPS) is 21.0. The second-order valence-corrected chi connectivity index (χ2v) is 7.51. The highest BCUT2D eigenvalue weighted by Gasteiger charge is 2.38. The number of rotatable bonds is 6. The average molecular weight is 357 g/mol. The molecular formula is C21H31N3O2. The summed E-state index contributed by atoms with van der Waals surface area (Å²) in [5.74, 6) is 0.479. The van der Waals surface area contributed by atoms with Crippen LogP contribution in [0.1, 0.15) is 57.6 Å². The van der Waals surface area contributed by atoms with Crippen LogP contribution in [0.15, 0.2) is 24.4 Å². The van der Waals surface area contributed by atoms with Gasteiger partial charge in [0.25, 0.3) is 0 Å². The van der Waals surface area contributed by atoms with Gasteiger partial charge in [0.1, 0.15) is 6.04 Å². The number of carbonyl (C=O) groups excluding carboxylic acids is 2. The van der Waals surface area contributed by atoms with Crippen molar-refractivity contribution in [2.24, 2.45) is 5.92 Å². The Hall–Kier alpha value is -1.91. The first-order valence-electron chi connectivity index (χ1n) is 10.2. The third-order valence-electron chi connectivity index (χ3n) is 5.83. The smallest absolute Gasteiger partial charge is 0.245 e. The van der Waals surface area contributed by atoms with Crippen molar-refractivity contribution in [2.75, 3.05) is 19.6 Å². The molecule has 26 heavy (non-hydrogen) atoms. The highest BCUT2D eigenvalue weighted by Crippen LogP contribution is 2.29. The van der Waals surface area contributed by atoms with Gasteiger partial charge in [-0.15, -0.1) is 0 Å². The van der Waals surface area contributed by atoms with E-state index < -0.39 is 0 Å². The predicted molar refractivity (Wildman–Crippen MR) is 102 cm³/mol. The summed E-state index contributed by atoms with van der Waals surface area (Å²) in [7, 11) is 0. The molecule has 0 N–H and O–H groups in total. The van der Waals surface area contributed by atoms with Crippen molar-refractivity contribution in [1.82, 2.24) is 14.8 Å². The highest BCUT2D eigenvalue weighted by atomic mass is 16.2. The first kappa shape index (κ1) is 18.9. The molecule has 2 fully saturated rings. The van der Waals surface area contributed by atoms with Crippen LogP contribution in [-0.4, -0.2) is 52.3 Å². The van der Waals surface area contributed by atoms with Gasteiger partial charge in [-0.25, -0.2) is 0 Å². The summed E-state index contributed by atoms with van der Waals surface area (Å²) in [5.41, 5.74) is 1.00. The Bertz CT molecular complexity index is 599. The average Bonchev–Trinajstić information content (AvgIpc) is 3.19. The molecule has 3 rings (SSSR count). The number of aromatic nitrogens is 1. The number of likely N-dealkylation sites (tertiary alicyclic amines) is 1. The summed E-state index contributed by atoms with van der Waals surface area (Å²) < 4.78 is 0. The van der Waals surface area contributed by atoms with Crippen molar-refractivity contribution >= 4 is 11.8 Å². The SMILES string of the molecule is CCN(CCc1ccccn1)C(=O)C1CCCN1C(=O)C1CCCCC1. The molecule has 5 nitrogen and oxygen atoms in total. The molecule has 1 saturated heterocycles. The Morgan fingerprint density at radius 2 is 1.96 bits per heavy atom. The van der Waals surface area contributed by atoms with E-state index in [-0.39, 0.29) is 23.8 Å². The summed E-state index contributed by atoms with van der Waals surface area (Å²) in [6.07, 6.45) is 9.80. The van der Waals surface area contributed by atoms with Crippen molar-refractivity contribution in [3.8, 4) is 0 Å². The van der Waals surface area contributed by atoms with Gasteiger partial charge in [0.05, 0.1) is 0 Å². The van der Waals surface area contributed by atoms with E-state index in [1.165, 1.54) is 6.42 Å². The quantitative estimate of drug-likeness (QED) is 0.786. The largest absolute Gasteiger partial charge is 0.341 e. The maximum absolute atomic E-state index is 13.1. The summed E-state index contributed by atoms with van der Waals surface area (Å²) in [5, 5.41) is 0. The van der Waals surface area contributed by atoms with Gasteiger partial charge in [0.15, 0.2) is 0 Å². The fraction of sp³-hybridized carbons (Fsp3) is 0.667. The second kappa shape index (κ2) is 9.15. The van der Waals surface area contributed by atoms with Crippen LogP contribution in [0, 0.1) is 5.92 Å². The van der Waals surface area contributed by atoms with Crippen LogP contribution >= 0.6 is 0 Å². The first-order chi connectivity index (χ1) is 12.7. The van der Waals surface area contributed by atoms with Crippen molar-refractivity contribution in [2.45, 2.75) is 64.3 Å². The number of pyridine rings is 1. The molecule has 2 heterocycles. The van der Waals surface area contributed by atoms with Crippen LogP contribution in [0.4, 0.5) is 0 Å². The van der Waals surface area contributed by atoms with Crippen LogP contribution in [0.2, 0.25) is 0 Å². The minimum Gasteiger partial charge on any atom is -0.341 e. The van der Waals surface area contributed by atoms with Gasteiger partial charge in [-0.2, -0.15) is 0 Å². The molecule has 5 heteroatoms. The highest BCUT2D eigenvalue weighted by molar-refractivity contribution is 5.89. The molecule has 142 valence electrons. The van der Waals surface area contributed by atoms with Gasteiger partial charge in [-0.1, -0.05) is 25.3 Å². The fourth-order valence-electron chi connectivity index (χ4n) is 4.30. The van der Waals surface area contributed by atoms with Crippen LogP contribution < -0.4 is 0 Å². The van der Waals surface area contributed by atoms with Crippen LogP contribution in [0.25, 0.3) is 0 Å². The number of amides is 2. The number of hydrogen-bond donors (Lipinski definition) is 0. The molecule has 2 aliphatic rings. The van der Waals surface area contributed by atoms with E-state index in [1.54, 1.807) is 6.20 Å². The van der Waals surface area contributed by atoms with Gasteiger partial charge < -0.3 is 9.80 Å². The van der Waals surface area contributed by atoms with Gasteiger partial charge in [-0.3, -0.25) is 14.6 Å². The maximum Gasteiger partial charge on any atom is 0.245 e. The molecule has 0 bridgehead atoms. The van der Waals surface area contributed by atoms with Crippen LogP contribution in [-0.2, 0) is 16.0 Å². The van der Waals surface area contributed by atoms with Gasteiger partial charge in [-0.05, 0) is 44.7 Å². The summed E-state index contributed by atoms with van der Waals surface area (Å²) >= 11 is 0. The zero-order chi connectivity index (χ0) is 18.4. The standard InChI is InChI=1S/C21H31N3O2/c1-2-23(16-13-18-11-6-7-14-22-18)21(26)19-12-8-15-24(19)20(25)17-9-4-3-5-10-17/h6-7,11,14,17,19H,2-5,8-10,12-13,15-16H2,1H3. The third kappa shape index (κ3) is 4.43. The van der Waals surface area contributed by atoms with E-state index in [2.05, 4.69) is 4.98 Å². The lowest BCUT2D eigenvalue weighted by Gasteiger charge is -2.33. The summed E-state index contributed by atoms with van der Waals surface area (Å²) in [6.45, 7) is 4.09. The Kier molecular flexibility index (Phi) is 6.64. The van der Waals surface area contributed by atoms with E-state index in [0.717, 1.165) is 57.2 Å². The molecule has 0 aromatic carbocycles. The molecule has 1 unspecified atom stereocenters. The van der Waals surface area contributed by atoms with Crippen molar-refractivity contribution in [1.29, 1.82) is 0 Å². The van der Waals surface area contributed by atoms with Gasteiger partial charge >= 0.3 is 0 Å². The Morgan fingerprint density at radius 3 is 2.65 bits per heavy atom. The lowest BCUT2D eigenvalue weighted by molar-refractivity contribution is -0.146. The summed E-state index contributed by atoms with van der Waals surface area (Å²) in [6, 6.07) is 5.61. The van der Waals surface area contributed by atoms with Crippen molar-refractivity contribution < 1.29 is 9.59 Å². The molecule has 1 saturated carbocycles. The molecule has 1 aliphatic carbocycles. The van der Waals surface area contributed by atoms with Gasteiger partial charge in [0, 0.05) is 43.9 Å². The van der Waals surface area contributed by atoms with Gasteiger partial charge in [0.2, 0.25) is 11.8 Å². The van der Waals surface area contributed by atoms with Crippen molar-refractivity contribution in [3.05, 3.63) is 30.1 Å². The topological polar surface area (TPSA) is 53.5 Å². The predicted octanol–water partition coefficient (Wildman–Crippen LogP) is 3.04. The Labute approximate surface area is 156 Å². The number of likely N-dealkylation sites (N-methyl/N-ethyl adjacent to an activating group) is 1. The van der Waals surface area contributed by atoms with E-state index in [0.29, 0.717) is 13.1 Å². The molecule has 0 spiro atoms. The van der Waals surface area contributed by atoms with E-state index in [4.69, 9.17) is 0 Å². The second-order valence-electron chi connectivity index (χ2n) is 7.51. The first-order valence-corrected chi connectivity index (χ1v) is 10.2. The lowest BCUT2D eigenvalue weighted by atomic mass is 9.88. The monoisotopic (exact) mass is 357 g/mol. The molecule has 1 aromatic rings.